The van der Waals surface area contributed by atoms with Crippen molar-refractivity contribution in [1.82, 2.24) is 14.9 Å². The van der Waals surface area contributed by atoms with Gasteiger partial charge in [0.2, 0.25) is 0 Å². The molecule has 0 bridgehead atoms. The maximum absolute atomic E-state index is 13.4. The summed E-state index contributed by atoms with van der Waals surface area (Å²) in [5.41, 5.74) is -2.22. The van der Waals surface area contributed by atoms with Gasteiger partial charge < -0.3 is 9.72 Å². The minimum absolute atomic E-state index is 0.0508. The van der Waals surface area contributed by atoms with Crippen LogP contribution in [0.25, 0.3) is 11.6 Å². The van der Waals surface area contributed by atoms with E-state index < -0.39 is 36.0 Å². The molecule has 0 fully saturated rings. The number of ether oxygens (including phenoxy) is 1. The van der Waals surface area contributed by atoms with E-state index in [2.05, 4.69) is 4.98 Å². The van der Waals surface area contributed by atoms with Gasteiger partial charge >= 0.3 is 18.0 Å². The Kier molecular flexibility index (Phi) is 5.21. The molecule has 0 saturated carbocycles. The number of aromatic amines is 1. The van der Waals surface area contributed by atoms with E-state index in [0.29, 0.717) is 5.56 Å². The highest BCUT2D eigenvalue weighted by molar-refractivity contribution is 5.86. The van der Waals surface area contributed by atoms with Crippen molar-refractivity contribution in [2.24, 2.45) is 0 Å². The van der Waals surface area contributed by atoms with E-state index in [4.69, 9.17) is 4.74 Å². The van der Waals surface area contributed by atoms with Crippen molar-refractivity contribution in [3.05, 3.63) is 63.1 Å². The zero-order chi connectivity index (χ0) is 20.5. The van der Waals surface area contributed by atoms with Crippen molar-refractivity contribution in [2.75, 3.05) is 13.2 Å². The molecular weight excluding hydrogens is 382 g/mol. The molecule has 1 aliphatic rings. The Bertz CT molecular complexity index is 981. The maximum atomic E-state index is 13.4. The van der Waals surface area contributed by atoms with Crippen LogP contribution < -0.4 is 5.69 Å². The van der Waals surface area contributed by atoms with Gasteiger partial charge in [-0.25, -0.2) is 14.0 Å². The number of alkyl halides is 3. The Morgan fingerprint density at radius 3 is 2.57 bits per heavy atom. The van der Waals surface area contributed by atoms with E-state index in [9.17, 15) is 27.2 Å². The van der Waals surface area contributed by atoms with Crippen molar-refractivity contribution in [3.63, 3.8) is 0 Å². The van der Waals surface area contributed by atoms with Gasteiger partial charge in [-0.05, 0) is 36.3 Å². The number of nitrogens with zero attached hydrogens (tertiary/aromatic N) is 2. The number of aromatic nitrogens is 2. The third kappa shape index (κ3) is 4.05. The summed E-state index contributed by atoms with van der Waals surface area (Å²) in [4.78, 5) is 30.3. The van der Waals surface area contributed by atoms with Crippen LogP contribution in [0.3, 0.4) is 0 Å². The molecule has 1 aromatic carbocycles. The lowest BCUT2D eigenvalue weighted by Crippen LogP contribution is -2.39. The second-order valence-corrected chi connectivity index (χ2v) is 6.02. The summed E-state index contributed by atoms with van der Waals surface area (Å²) in [6.07, 6.45) is -4.18. The van der Waals surface area contributed by atoms with Crippen molar-refractivity contribution in [3.8, 4) is 0 Å². The van der Waals surface area contributed by atoms with Crippen LogP contribution in [0, 0.1) is 5.82 Å². The predicted octanol–water partition coefficient (Wildman–Crippen LogP) is 3.44. The van der Waals surface area contributed by atoms with E-state index in [1.165, 1.54) is 30.3 Å². The summed E-state index contributed by atoms with van der Waals surface area (Å²) in [5, 5.41) is 0. The Hall–Kier alpha value is -3.17. The lowest BCUT2D eigenvalue weighted by Gasteiger charge is -2.30. The fraction of sp³-hybridized carbons (Fsp3) is 0.278. The molecule has 6 nitrogen and oxygen atoms in total. The molecule has 148 valence electrons. The molecule has 1 amide bonds. The van der Waals surface area contributed by atoms with Crippen LogP contribution >= 0.6 is 0 Å². The lowest BCUT2D eigenvalue weighted by atomic mass is 9.97. The SMILES string of the molecule is CCOC(=O)N1C/C(=C/c2ccc(F)cc2)c2nc(=O)[nH]c(C(F)(F)F)c2C1. The summed E-state index contributed by atoms with van der Waals surface area (Å²) in [6, 6.07) is 5.21. The quantitative estimate of drug-likeness (QED) is 0.788. The summed E-state index contributed by atoms with van der Waals surface area (Å²) in [7, 11) is 0. The average Bonchev–Trinajstić information content (AvgIpc) is 2.62. The average molecular weight is 397 g/mol. The molecule has 1 N–H and O–H groups in total. The van der Waals surface area contributed by atoms with E-state index in [1.54, 1.807) is 11.9 Å². The minimum Gasteiger partial charge on any atom is -0.450 e. The molecule has 0 spiro atoms. The van der Waals surface area contributed by atoms with Gasteiger partial charge in [-0.1, -0.05) is 12.1 Å². The van der Waals surface area contributed by atoms with Crippen LogP contribution in [0.4, 0.5) is 22.4 Å². The summed E-state index contributed by atoms with van der Waals surface area (Å²) >= 11 is 0. The molecule has 0 saturated heterocycles. The molecule has 28 heavy (non-hydrogen) atoms. The Balaban J connectivity index is 2.17. The van der Waals surface area contributed by atoms with Gasteiger partial charge in [-0.15, -0.1) is 0 Å². The van der Waals surface area contributed by atoms with E-state index in [1.807, 2.05) is 0 Å². The second-order valence-electron chi connectivity index (χ2n) is 6.02. The number of amides is 1. The molecule has 2 aromatic rings. The van der Waals surface area contributed by atoms with Crippen LogP contribution in [0.1, 0.15) is 29.4 Å². The zero-order valence-corrected chi connectivity index (χ0v) is 14.6. The van der Waals surface area contributed by atoms with Gasteiger partial charge in [0.15, 0.2) is 0 Å². The van der Waals surface area contributed by atoms with Crippen LogP contribution in [-0.2, 0) is 17.5 Å². The Morgan fingerprint density at radius 1 is 1.29 bits per heavy atom. The number of fused-ring (bicyclic) bond motifs is 1. The number of hydrogen-bond acceptors (Lipinski definition) is 4. The molecule has 10 heteroatoms. The number of hydrogen-bond donors (Lipinski definition) is 1. The number of rotatable bonds is 2. The van der Waals surface area contributed by atoms with Gasteiger partial charge in [0.25, 0.3) is 0 Å². The smallest absolute Gasteiger partial charge is 0.431 e. The van der Waals surface area contributed by atoms with Gasteiger partial charge in [-0.2, -0.15) is 18.2 Å². The van der Waals surface area contributed by atoms with Crippen molar-refractivity contribution in [1.29, 1.82) is 0 Å². The van der Waals surface area contributed by atoms with Gasteiger partial charge in [0.05, 0.1) is 25.4 Å². The first-order chi connectivity index (χ1) is 13.2. The van der Waals surface area contributed by atoms with E-state index in [-0.39, 0.29) is 30.0 Å². The molecule has 1 aliphatic heterocycles. The number of halogens is 4. The van der Waals surface area contributed by atoms with Crippen LogP contribution in [0.5, 0.6) is 0 Å². The zero-order valence-electron chi connectivity index (χ0n) is 14.6. The van der Waals surface area contributed by atoms with Crippen molar-refractivity contribution >= 4 is 17.7 Å². The Labute approximate surface area is 156 Å². The Morgan fingerprint density at radius 2 is 1.96 bits per heavy atom. The monoisotopic (exact) mass is 397 g/mol. The summed E-state index contributed by atoms with van der Waals surface area (Å²) in [5.74, 6) is -0.478. The summed E-state index contributed by atoms with van der Waals surface area (Å²) in [6.45, 7) is 1.09. The molecule has 0 unspecified atom stereocenters. The van der Waals surface area contributed by atoms with Crippen LogP contribution in [0.2, 0.25) is 0 Å². The fourth-order valence-corrected chi connectivity index (χ4v) is 2.90. The topological polar surface area (TPSA) is 75.3 Å². The number of benzene rings is 1. The molecule has 0 radical (unpaired) electrons. The highest BCUT2D eigenvalue weighted by Crippen LogP contribution is 2.36. The minimum atomic E-state index is -4.84. The van der Waals surface area contributed by atoms with Crippen LogP contribution in [0.15, 0.2) is 29.1 Å². The first kappa shape index (κ1) is 19.6. The highest BCUT2D eigenvalue weighted by atomic mass is 19.4. The number of carbonyl (C=O) groups excluding carboxylic acids is 1. The van der Waals surface area contributed by atoms with E-state index in [0.717, 1.165) is 4.90 Å². The van der Waals surface area contributed by atoms with Crippen molar-refractivity contribution < 1.29 is 27.1 Å². The van der Waals surface area contributed by atoms with Gasteiger partial charge in [0.1, 0.15) is 11.5 Å². The first-order valence-corrected chi connectivity index (χ1v) is 8.27. The fourth-order valence-electron chi connectivity index (χ4n) is 2.90. The lowest BCUT2D eigenvalue weighted by molar-refractivity contribution is -0.142. The first-order valence-electron chi connectivity index (χ1n) is 8.27. The standard InChI is InChI=1S/C18H15F4N3O3/c1-2-28-17(27)25-8-11(7-10-3-5-12(19)6-4-10)14-13(9-25)15(18(20,21)22)24-16(26)23-14/h3-7H,2,8-9H2,1H3,(H,23,24,26)/b11-7-. The molecule has 3 rings (SSSR count). The third-order valence-electron chi connectivity index (χ3n) is 4.07. The third-order valence-corrected chi connectivity index (χ3v) is 4.07. The normalized spacial score (nSPS) is 15.5. The maximum Gasteiger partial charge on any atom is 0.431 e. The highest BCUT2D eigenvalue weighted by Gasteiger charge is 2.39. The molecular formula is C18H15F4N3O3. The van der Waals surface area contributed by atoms with Gasteiger partial charge in [-0.3, -0.25) is 4.90 Å². The molecule has 2 heterocycles. The van der Waals surface area contributed by atoms with E-state index >= 15 is 0 Å². The summed E-state index contributed by atoms with van der Waals surface area (Å²) < 4.78 is 58.3. The second kappa shape index (κ2) is 7.45. The van der Waals surface area contributed by atoms with Crippen molar-refractivity contribution in [2.45, 2.75) is 19.6 Å². The number of H-pyrrole nitrogens is 1. The molecule has 0 aliphatic carbocycles. The molecule has 0 atom stereocenters. The largest absolute Gasteiger partial charge is 0.450 e. The number of carbonyl (C=O) groups is 1. The number of nitrogens with one attached hydrogen (secondary N) is 1. The van der Waals surface area contributed by atoms with Gasteiger partial charge in [0, 0.05) is 5.56 Å². The van der Waals surface area contributed by atoms with Crippen LogP contribution in [-0.4, -0.2) is 34.1 Å². The predicted molar refractivity (Wildman–Crippen MR) is 91.6 cm³/mol. The molecule has 1 aromatic heterocycles.